The average molecular weight is 481 g/mol. The predicted molar refractivity (Wildman–Crippen MR) is 131 cm³/mol. The Morgan fingerprint density at radius 1 is 1.14 bits per heavy atom. The summed E-state index contributed by atoms with van der Waals surface area (Å²) in [6.45, 7) is 6.10. The second kappa shape index (κ2) is 10.00. The molecule has 0 saturated heterocycles. The summed E-state index contributed by atoms with van der Waals surface area (Å²) in [7, 11) is 1.29. The molecule has 2 aromatic carbocycles. The highest BCUT2D eigenvalue weighted by atomic mass is 16.7. The molecule has 3 atom stereocenters. The molecule has 1 aliphatic rings. The van der Waals surface area contributed by atoms with Crippen LogP contribution in [0.5, 0.6) is 11.5 Å². The molecule has 0 aliphatic carbocycles. The maximum atomic E-state index is 13.6. The van der Waals surface area contributed by atoms with Gasteiger partial charge in [0, 0.05) is 23.5 Å². The molecule has 2 unspecified atom stereocenters. The Hall–Kier alpha value is -3.52. The van der Waals surface area contributed by atoms with Gasteiger partial charge >= 0.3 is 5.97 Å². The number of nitrogens with one attached hydrogen (secondary N) is 2. The number of aliphatic hydroxyl groups excluding tert-OH is 1. The Bertz CT molecular complexity index is 1210. The largest absolute Gasteiger partial charge is 0.467 e. The standard InChI is InChI=1S/C27H32N2O6/c1-27(2,3)13-21(30)24(16-9-10-22-23(12-16)35-15-34-22)25(31)29-20(26(32)33-4)11-17-14-28-19-8-6-5-7-18(17)19/h5-10,12,14,20-21,24,28,30H,11,13,15H2,1-4H3,(H,29,31)/t20-,21?,24?/m0/s1. The van der Waals surface area contributed by atoms with E-state index in [1.165, 1.54) is 7.11 Å². The molecule has 1 aliphatic heterocycles. The van der Waals surface area contributed by atoms with Crippen LogP contribution < -0.4 is 14.8 Å². The first-order valence-corrected chi connectivity index (χ1v) is 11.7. The van der Waals surface area contributed by atoms with Gasteiger partial charge in [0.2, 0.25) is 12.7 Å². The number of carbonyl (C=O) groups excluding carboxylic acids is 2. The zero-order valence-corrected chi connectivity index (χ0v) is 20.5. The number of hydrogen-bond acceptors (Lipinski definition) is 6. The van der Waals surface area contributed by atoms with Gasteiger partial charge in [-0.05, 0) is 41.2 Å². The van der Waals surface area contributed by atoms with Crippen LogP contribution in [0, 0.1) is 5.41 Å². The molecule has 3 N–H and O–H groups in total. The van der Waals surface area contributed by atoms with Crippen molar-refractivity contribution in [3.8, 4) is 11.5 Å². The zero-order valence-electron chi connectivity index (χ0n) is 20.5. The molecule has 3 aromatic rings. The Morgan fingerprint density at radius 3 is 2.63 bits per heavy atom. The summed E-state index contributed by atoms with van der Waals surface area (Å²) in [5.41, 5.74) is 2.18. The van der Waals surface area contributed by atoms with Crippen LogP contribution >= 0.6 is 0 Å². The molecule has 0 fully saturated rings. The summed E-state index contributed by atoms with van der Waals surface area (Å²) in [6, 6.07) is 12.0. The first kappa shape index (κ1) is 24.6. The minimum Gasteiger partial charge on any atom is -0.467 e. The van der Waals surface area contributed by atoms with Crippen molar-refractivity contribution in [3.05, 3.63) is 59.8 Å². The number of H-pyrrole nitrogens is 1. The maximum absolute atomic E-state index is 13.6. The van der Waals surface area contributed by atoms with Crippen LogP contribution in [-0.2, 0) is 20.7 Å². The van der Waals surface area contributed by atoms with Crippen LogP contribution in [0.3, 0.4) is 0 Å². The number of esters is 1. The average Bonchev–Trinajstić information content (AvgIpc) is 3.44. The summed E-state index contributed by atoms with van der Waals surface area (Å²) in [5, 5.41) is 15.0. The van der Waals surface area contributed by atoms with E-state index in [4.69, 9.17) is 14.2 Å². The number of aliphatic hydroxyl groups is 1. The molecule has 0 radical (unpaired) electrons. The summed E-state index contributed by atoms with van der Waals surface area (Å²) in [4.78, 5) is 29.5. The van der Waals surface area contributed by atoms with Gasteiger partial charge < -0.3 is 29.6 Å². The van der Waals surface area contributed by atoms with Gasteiger partial charge in [0.05, 0.1) is 19.1 Å². The number of para-hydroxylation sites is 1. The quantitative estimate of drug-likeness (QED) is 0.425. The van der Waals surface area contributed by atoms with Crippen molar-refractivity contribution >= 4 is 22.8 Å². The third-order valence-corrected chi connectivity index (χ3v) is 6.15. The Labute approximate surface area is 204 Å². The van der Waals surface area contributed by atoms with Crippen LogP contribution in [0.15, 0.2) is 48.7 Å². The van der Waals surface area contributed by atoms with E-state index in [-0.39, 0.29) is 18.6 Å². The van der Waals surface area contributed by atoms with E-state index in [1.807, 2.05) is 51.2 Å². The fraction of sp³-hybridized carbons (Fsp3) is 0.407. The van der Waals surface area contributed by atoms with E-state index < -0.39 is 29.9 Å². The van der Waals surface area contributed by atoms with Gasteiger partial charge in [-0.2, -0.15) is 0 Å². The summed E-state index contributed by atoms with van der Waals surface area (Å²) >= 11 is 0. The number of carbonyl (C=O) groups is 2. The lowest BCUT2D eigenvalue weighted by molar-refractivity contribution is -0.145. The minimum absolute atomic E-state index is 0.106. The van der Waals surface area contributed by atoms with Crippen LogP contribution in [0.1, 0.15) is 44.2 Å². The first-order valence-electron chi connectivity index (χ1n) is 11.7. The topological polar surface area (TPSA) is 110 Å². The van der Waals surface area contributed by atoms with E-state index >= 15 is 0 Å². The van der Waals surface area contributed by atoms with Crippen LogP contribution in [0.2, 0.25) is 0 Å². The highest BCUT2D eigenvalue weighted by Crippen LogP contribution is 2.37. The van der Waals surface area contributed by atoms with Gasteiger partial charge in [-0.1, -0.05) is 45.0 Å². The monoisotopic (exact) mass is 480 g/mol. The van der Waals surface area contributed by atoms with Gasteiger partial charge in [0.1, 0.15) is 6.04 Å². The van der Waals surface area contributed by atoms with Gasteiger partial charge in [-0.3, -0.25) is 4.79 Å². The highest BCUT2D eigenvalue weighted by molar-refractivity contribution is 5.90. The number of aromatic amines is 1. The fourth-order valence-corrected chi connectivity index (χ4v) is 4.52. The predicted octanol–water partition coefficient (Wildman–Crippen LogP) is 3.68. The molecule has 186 valence electrons. The molecular formula is C27H32N2O6. The number of fused-ring (bicyclic) bond motifs is 2. The lowest BCUT2D eigenvalue weighted by Gasteiger charge is -2.29. The Balaban J connectivity index is 1.62. The van der Waals surface area contributed by atoms with E-state index in [1.54, 1.807) is 18.2 Å². The molecule has 1 aromatic heterocycles. The van der Waals surface area contributed by atoms with Crippen molar-refractivity contribution in [2.24, 2.45) is 5.41 Å². The van der Waals surface area contributed by atoms with Crippen molar-refractivity contribution in [1.29, 1.82) is 0 Å². The number of aromatic nitrogens is 1. The zero-order chi connectivity index (χ0) is 25.2. The molecule has 1 amide bonds. The van der Waals surface area contributed by atoms with Crippen molar-refractivity contribution in [2.45, 2.75) is 51.7 Å². The van der Waals surface area contributed by atoms with Crippen LogP contribution in [0.25, 0.3) is 10.9 Å². The van der Waals surface area contributed by atoms with Gasteiger partial charge in [0.15, 0.2) is 11.5 Å². The number of amides is 1. The molecule has 4 rings (SSSR count). The normalized spacial score (nSPS) is 15.5. The van der Waals surface area contributed by atoms with Gasteiger partial charge in [-0.15, -0.1) is 0 Å². The Kier molecular flexibility index (Phi) is 7.03. The first-order chi connectivity index (χ1) is 16.7. The highest BCUT2D eigenvalue weighted by Gasteiger charge is 2.35. The van der Waals surface area contributed by atoms with Crippen molar-refractivity contribution < 1.29 is 28.9 Å². The second-order valence-electron chi connectivity index (χ2n) is 10.1. The summed E-state index contributed by atoms with van der Waals surface area (Å²) in [5.74, 6) is -0.829. The second-order valence-corrected chi connectivity index (χ2v) is 10.1. The molecular weight excluding hydrogens is 448 g/mol. The summed E-state index contributed by atoms with van der Waals surface area (Å²) < 4.78 is 15.9. The molecule has 0 saturated carbocycles. The molecule has 0 bridgehead atoms. The lowest BCUT2D eigenvalue weighted by atomic mass is 9.81. The number of ether oxygens (including phenoxy) is 3. The third-order valence-electron chi connectivity index (χ3n) is 6.15. The number of rotatable bonds is 8. The Morgan fingerprint density at radius 2 is 1.89 bits per heavy atom. The van der Waals surface area contributed by atoms with Crippen molar-refractivity contribution in [1.82, 2.24) is 10.3 Å². The van der Waals surface area contributed by atoms with E-state index in [2.05, 4.69) is 10.3 Å². The summed E-state index contributed by atoms with van der Waals surface area (Å²) in [6.07, 6.45) is 1.47. The molecule has 35 heavy (non-hydrogen) atoms. The fourth-order valence-electron chi connectivity index (χ4n) is 4.52. The minimum atomic E-state index is -0.984. The van der Waals surface area contributed by atoms with Crippen molar-refractivity contribution in [2.75, 3.05) is 13.9 Å². The van der Waals surface area contributed by atoms with Crippen molar-refractivity contribution in [3.63, 3.8) is 0 Å². The number of benzene rings is 2. The molecule has 2 heterocycles. The number of hydrogen-bond donors (Lipinski definition) is 3. The number of methoxy groups -OCH3 is 1. The van der Waals surface area contributed by atoms with Crippen LogP contribution in [-0.4, -0.2) is 48.0 Å². The SMILES string of the molecule is COC(=O)[C@H](Cc1c[nH]c2ccccc12)NC(=O)C(c1ccc2c(c1)OCO2)C(O)CC(C)(C)C. The molecule has 0 spiro atoms. The van der Waals surface area contributed by atoms with E-state index in [0.29, 0.717) is 23.5 Å². The smallest absolute Gasteiger partial charge is 0.328 e. The van der Waals surface area contributed by atoms with E-state index in [0.717, 1.165) is 16.5 Å². The lowest BCUT2D eigenvalue weighted by Crippen LogP contribution is -2.47. The van der Waals surface area contributed by atoms with Crippen LogP contribution in [0.4, 0.5) is 0 Å². The molecule has 8 nitrogen and oxygen atoms in total. The molecule has 8 heteroatoms. The van der Waals surface area contributed by atoms with Gasteiger partial charge in [-0.25, -0.2) is 4.79 Å². The van der Waals surface area contributed by atoms with E-state index in [9.17, 15) is 14.7 Å². The van der Waals surface area contributed by atoms with Gasteiger partial charge in [0.25, 0.3) is 0 Å². The maximum Gasteiger partial charge on any atom is 0.328 e. The third kappa shape index (κ3) is 5.59.